The molecule has 2 fully saturated rings. The largest absolute Gasteiger partial charge is 0.416 e. The van der Waals surface area contributed by atoms with E-state index >= 15 is 0 Å². The van der Waals surface area contributed by atoms with E-state index < -0.39 is 11.7 Å². The van der Waals surface area contributed by atoms with Crippen molar-refractivity contribution in [3.8, 4) is 11.3 Å². The number of carbonyl (C=O) groups is 2. The average molecular weight is 583 g/mol. The van der Waals surface area contributed by atoms with Crippen LogP contribution in [0.15, 0.2) is 36.7 Å². The Morgan fingerprint density at radius 3 is 2.10 bits per heavy atom. The van der Waals surface area contributed by atoms with E-state index in [1.807, 2.05) is 13.8 Å². The summed E-state index contributed by atoms with van der Waals surface area (Å²) in [4.78, 5) is 41.1. The molecule has 2 saturated heterocycles. The van der Waals surface area contributed by atoms with Gasteiger partial charge in [-0.3, -0.25) is 9.59 Å². The molecule has 10 nitrogen and oxygen atoms in total. The van der Waals surface area contributed by atoms with Crippen LogP contribution in [0.1, 0.15) is 41.0 Å². The van der Waals surface area contributed by atoms with Gasteiger partial charge in [0.25, 0.3) is 5.91 Å². The van der Waals surface area contributed by atoms with Gasteiger partial charge in [0.1, 0.15) is 11.5 Å². The molecule has 0 N–H and O–H groups in total. The van der Waals surface area contributed by atoms with Crippen LogP contribution in [0.25, 0.3) is 11.3 Å². The molecule has 0 radical (unpaired) electrons. The Labute approximate surface area is 242 Å². The van der Waals surface area contributed by atoms with Crippen molar-refractivity contribution in [2.24, 2.45) is 0 Å². The number of halogens is 3. The summed E-state index contributed by atoms with van der Waals surface area (Å²) < 4.78 is 38.9. The molecule has 222 valence electrons. The number of alkyl halides is 3. The summed E-state index contributed by atoms with van der Waals surface area (Å²) in [6.45, 7) is 11.4. The average Bonchev–Trinajstić information content (AvgIpc) is 2.98. The van der Waals surface area contributed by atoms with Crippen molar-refractivity contribution < 1.29 is 22.8 Å². The van der Waals surface area contributed by atoms with E-state index in [0.29, 0.717) is 62.9 Å². The Hall–Kier alpha value is -4.29. The quantitative estimate of drug-likeness (QED) is 0.461. The van der Waals surface area contributed by atoms with Gasteiger partial charge >= 0.3 is 6.18 Å². The third kappa shape index (κ3) is 5.86. The third-order valence-electron chi connectivity index (χ3n) is 8.07. The summed E-state index contributed by atoms with van der Waals surface area (Å²) in [5, 5.41) is 8.87. The summed E-state index contributed by atoms with van der Waals surface area (Å²) in [7, 11) is 0. The number of benzene rings is 1. The minimum absolute atomic E-state index is 0.00738. The minimum atomic E-state index is -4.39. The minimum Gasteiger partial charge on any atom is -0.351 e. The number of aromatic nitrogens is 4. The maximum absolute atomic E-state index is 13.0. The molecular weight excluding hydrogens is 549 g/mol. The Morgan fingerprint density at radius 1 is 0.857 bits per heavy atom. The Balaban J connectivity index is 1.23. The van der Waals surface area contributed by atoms with Crippen molar-refractivity contribution in [3.63, 3.8) is 0 Å². The van der Waals surface area contributed by atoms with Gasteiger partial charge in [0.2, 0.25) is 5.91 Å². The van der Waals surface area contributed by atoms with Crippen LogP contribution in [0.4, 0.5) is 24.8 Å². The normalized spacial score (nSPS) is 17.9. The highest BCUT2D eigenvalue weighted by Crippen LogP contribution is 2.33. The van der Waals surface area contributed by atoms with E-state index in [1.165, 1.54) is 25.3 Å². The van der Waals surface area contributed by atoms with Crippen LogP contribution in [0.2, 0.25) is 0 Å². The molecule has 42 heavy (non-hydrogen) atoms. The molecule has 5 rings (SSSR count). The molecule has 2 amide bonds. The van der Waals surface area contributed by atoms with Gasteiger partial charge in [0.05, 0.1) is 23.7 Å². The molecule has 0 saturated carbocycles. The SMILES string of the molecule is CC(=O)N1CCN(C(=O)c2cnc(N3CCN(c4nnc(-c5ccc(C(F)(F)F)cc5)c(C)c4C)C[C@H]3C)cn2)CC1. The maximum atomic E-state index is 13.0. The lowest BCUT2D eigenvalue weighted by Crippen LogP contribution is -2.53. The van der Waals surface area contributed by atoms with Gasteiger partial charge in [-0.25, -0.2) is 9.97 Å². The molecule has 2 aromatic heterocycles. The molecule has 2 aliphatic heterocycles. The van der Waals surface area contributed by atoms with Crippen LogP contribution in [0.5, 0.6) is 0 Å². The van der Waals surface area contributed by atoms with Crippen LogP contribution in [-0.4, -0.2) is 93.6 Å². The highest BCUT2D eigenvalue weighted by Gasteiger charge is 2.31. The molecule has 0 spiro atoms. The lowest BCUT2D eigenvalue weighted by atomic mass is 10.0. The zero-order valence-electron chi connectivity index (χ0n) is 24.0. The second-order valence-corrected chi connectivity index (χ2v) is 10.7. The predicted octanol–water partition coefficient (Wildman–Crippen LogP) is 3.59. The standard InChI is InChI=1S/C29H33F3N8O2/c1-18-17-39(27-20(3)19(2)26(35-36-27)22-5-7-23(8-6-22)29(30,31)32)13-14-40(18)25-16-33-24(15-34-25)28(42)38-11-9-37(10-12-38)21(4)41/h5-8,15-16,18H,9-14,17H2,1-4H3/t18-/m1/s1. The zero-order chi connectivity index (χ0) is 30.2. The molecule has 4 heterocycles. The van der Waals surface area contributed by atoms with Crippen LogP contribution >= 0.6 is 0 Å². The molecule has 1 atom stereocenters. The van der Waals surface area contributed by atoms with E-state index in [9.17, 15) is 22.8 Å². The van der Waals surface area contributed by atoms with Crippen molar-refractivity contribution in [1.82, 2.24) is 30.0 Å². The Kier molecular flexibility index (Phi) is 8.02. The molecule has 1 aromatic carbocycles. The smallest absolute Gasteiger partial charge is 0.351 e. The molecule has 2 aliphatic rings. The van der Waals surface area contributed by atoms with Crippen molar-refractivity contribution >= 4 is 23.5 Å². The summed E-state index contributed by atoms with van der Waals surface area (Å²) >= 11 is 0. The Morgan fingerprint density at radius 2 is 1.52 bits per heavy atom. The molecule has 0 bridgehead atoms. The fraction of sp³-hybridized carbons (Fsp3) is 0.448. The highest BCUT2D eigenvalue weighted by atomic mass is 19.4. The summed E-state index contributed by atoms with van der Waals surface area (Å²) in [5.41, 5.74) is 2.50. The summed E-state index contributed by atoms with van der Waals surface area (Å²) in [6.07, 6.45) is -1.26. The van der Waals surface area contributed by atoms with E-state index in [-0.39, 0.29) is 23.6 Å². The monoisotopic (exact) mass is 582 g/mol. The molecule has 13 heteroatoms. The van der Waals surface area contributed by atoms with Crippen LogP contribution in [0.3, 0.4) is 0 Å². The first kappa shape index (κ1) is 29.2. The van der Waals surface area contributed by atoms with Crippen molar-refractivity contribution in [1.29, 1.82) is 0 Å². The van der Waals surface area contributed by atoms with E-state index in [0.717, 1.165) is 29.1 Å². The first-order valence-electron chi connectivity index (χ1n) is 13.8. The molecule has 0 aliphatic carbocycles. The van der Waals surface area contributed by atoms with Crippen LogP contribution in [0, 0.1) is 13.8 Å². The van der Waals surface area contributed by atoms with Crippen LogP contribution < -0.4 is 9.80 Å². The van der Waals surface area contributed by atoms with E-state index in [4.69, 9.17) is 0 Å². The number of rotatable bonds is 4. The number of hydrogen-bond donors (Lipinski definition) is 0. The second-order valence-electron chi connectivity index (χ2n) is 10.7. The Bertz CT molecular complexity index is 1460. The third-order valence-corrected chi connectivity index (χ3v) is 8.07. The fourth-order valence-electron chi connectivity index (χ4n) is 5.44. The van der Waals surface area contributed by atoms with E-state index in [1.54, 1.807) is 16.0 Å². The number of anilines is 2. The lowest BCUT2D eigenvalue weighted by molar-refractivity contribution is -0.137. The van der Waals surface area contributed by atoms with Crippen LogP contribution in [-0.2, 0) is 11.0 Å². The van der Waals surface area contributed by atoms with Gasteiger partial charge < -0.3 is 19.6 Å². The van der Waals surface area contributed by atoms with Gasteiger partial charge in [-0.1, -0.05) is 12.1 Å². The zero-order valence-corrected chi connectivity index (χ0v) is 24.0. The van der Waals surface area contributed by atoms with Gasteiger partial charge in [0.15, 0.2) is 5.82 Å². The molecule has 3 aromatic rings. The number of hydrogen-bond acceptors (Lipinski definition) is 8. The van der Waals surface area contributed by atoms with E-state index in [2.05, 4.69) is 36.9 Å². The fourth-order valence-corrected chi connectivity index (χ4v) is 5.44. The van der Waals surface area contributed by atoms with Gasteiger partial charge in [-0.05, 0) is 44.0 Å². The predicted molar refractivity (Wildman–Crippen MR) is 151 cm³/mol. The number of nitrogens with zero attached hydrogens (tertiary/aromatic N) is 8. The lowest BCUT2D eigenvalue weighted by Gasteiger charge is -2.41. The van der Waals surface area contributed by atoms with Gasteiger partial charge in [0, 0.05) is 64.3 Å². The van der Waals surface area contributed by atoms with Gasteiger partial charge in [-0.2, -0.15) is 13.2 Å². The van der Waals surface area contributed by atoms with Crippen molar-refractivity contribution in [2.75, 3.05) is 55.6 Å². The second kappa shape index (κ2) is 11.5. The molecular formula is C29H33F3N8O2. The number of amides is 2. The van der Waals surface area contributed by atoms with Crippen molar-refractivity contribution in [3.05, 3.63) is 59.0 Å². The highest BCUT2D eigenvalue weighted by molar-refractivity contribution is 5.92. The maximum Gasteiger partial charge on any atom is 0.416 e. The van der Waals surface area contributed by atoms with Crippen molar-refractivity contribution in [2.45, 2.75) is 39.9 Å². The summed E-state index contributed by atoms with van der Waals surface area (Å²) in [6, 6.07) is 5.03. The number of piperazine rings is 2. The first-order valence-corrected chi connectivity index (χ1v) is 13.8. The summed E-state index contributed by atoms with van der Waals surface area (Å²) in [5.74, 6) is 1.23. The van der Waals surface area contributed by atoms with Gasteiger partial charge in [-0.15, -0.1) is 10.2 Å². The first-order chi connectivity index (χ1) is 19.9. The number of carbonyl (C=O) groups excluding carboxylic acids is 2. The topological polar surface area (TPSA) is 98.7 Å². The molecule has 0 unspecified atom stereocenters.